The highest BCUT2D eigenvalue weighted by molar-refractivity contribution is 8.17. The summed E-state index contributed by atoms with van der Waals surface area (Å²) in [6, 6.07) is 8.92. The summed E-state index contributed by atoms with van der Waals surface area (Å²) in [6.07, 6.45) is 10.6. The number of anilines is 1. The van der Waals surface area contributed by atoms with E-state index in [2.05, 4.69) is 43.3 Å². The van der Waals surface area contributed by atoms with Gasteiger partial charge in [0, 0.05) is 30.4 Å². The van der Waals surface area contributed by atoms with Gasteiger partial charge in [-0.25, -0.2) is 0 Å². The molecule has 0 heterocycles. The fourth-order valence-electron chi connectivity index (χ4n) is 4.19. The van der Waals surface area contributed by atoms with Crippen molar-refractivity contribution in [2.24, 2.45) is 0 Å². The minimum absolute atomic E-state index is 0.275. The van der Waals surface area contributed by atoms with Gasteiger partial charge in [-0.15, -0.1) is 23.5 Å². The van der Waals surface area contributed by atoms with Gasteiger partial charge in [-0.2, -0.15) is 0 Å². The molecule has 2 N–H and O–H groups in total. The molecule has 1 aliphatic rings. The molecular weight excluding hydrogens is 390 g/mol. The van der Waals surface area contributed by atoms with E-state index in [1.54, 1.807) is 0 Å². The van der Waals surface area contributed by atoms with Gasteiger partial charge in [-0.3, -0.25) is 0 Å². The molecule has 0 bridgehead atoms. The molecule has 0 radical (unpaired) electrons. The summed E-state index contributed by atoms with van der Waals surface area (Å²) in [4.78, 5) is 5.85. The highest BCUT2D eigenvalue weighted by Gasteiger charge is 2.41. The Labute approximate surface area is 179 Å². The van der Waals surface area contributed by atoms with E-state index in [1.807, 2.05) is 47.8 Å². The van der Waals surface area contributed by atoms with Gasteiger partial charge in [0.25, 0.3) is 0 Å². The predicted octanol–water partition coefficient (Wildman–Crippen LogP) is 4.95. The zero-order valence-electron chi connectivity index (χ0n) is 17.4. The monoisotopic (exact) mass is 425 g/mol. The van der Waals surface area contributed by atoms with Crippen LogP contribution in [0.1, 0.15) is 44.6 Å². The van der Waals surface area contributed by atoms with E-state index in [0.29, 0.717) is 12.1 Å². The third-order valence-corrected chi connectivity index (χ3v) is 9.64. The Hall–Kier alpha value is -0.430. The second-order valence-electron chi connectivity index (χ2n) is 7.57. The van der Waals surface area contributed by atoms with E-state index in [0.717, 1.165) is 29.2 Å². The van der Waals surface area contributed by atoms with Crippen molar-refractivity contribution in [1.82, 2.24) is 9.80 Å². The molecular formula is C21H35N3S3. The van der Waals surface area contributed by atoms with E-state index in [1.165, 1.54) is 25.7 Å². The molecule has 0 aliphatic heterocycles. The first-order valence-electron chi connectivity index (χ1n) is 9.80. The minimum atomic E-state index is 0.275. The van der Waals surface area contributed by atoms with Crippen molar-refractivity contribution in [3.8, 4) is 0 Å². The van der Waals surface area contributed by atoms with Crippen LogP contribution in [-0.2, 0) is 0 Å². The smallest absolute Gasteiger partial charge is 0.109 e. The van der Waals surface area contributed by atoms with Gasteiger partial charge in [0.15, 0.2) is 0 Å². The van der Waals surface area contributed by atoms with Crippen molar-refractivity contribution in [3.63, 3.8) is 0 Å². The van der Waals surface area contributed by atoms with Crippen molar-refractivity contribution in [2.45, 2.75) is 55.2 Å². The Bertz CT molecular complexity index is 601. The summed E-state index contributed by atoms with van der Waals surface area (Å²) in [6.45, 7) is 3.40. The average molecular weight is 426 g/mol. The molecule has 2 atom stereocenters. The molecule has 1 saturated carbocycles. The molecule has 0 aromatic heterocycles. The van der Waals surface area contributed by atoms with Crippen LogP contribution in [0.25, 0.3) is 0 Å². The highest BCUT2D eigenvalue weighted by Crippen LogP contribution is 2.46. The van der Waals surface area contributed by atoms with E-state index in [4.69, 9.17) is 18.0 Å². The van der Waals surface area contributed by atoms with Crippen molar-refractivity contribution >= 4 is 46.4 Å². The molecule has 0 amide bonds. The maximum atomic E-state index is 5.92. The number of benzene rings is 1. The zero-order valence-corrected chi connectivity index (χ0v) is 19.9. The fourth-order valence-corrected chi connectivity index (χ4v) is 6.50. The third kappa shape index (κ3) is 5.55. The van der Waals surface area contributed by atoms with Crippen molar-refractivity contribution in [1.29, 1.82) is 0 Å². The van der Waals surface area contributed by atoms with Crippen LogP contribution in [0.3, 0.4) is 0 Å². The summed E-state index contributed by atoms with van der Waals surface area (Å²) in [5.41, 5.74) is 7.73. The molecule has 1 aromatic rings. The van der Waals surface area contributed by atoms with Gasteiger partial charge in [0.2, 0.25) is 0 Å². The van der Waals surface area contributed by atoms with Gasteiger partial charge in [0.05, 0.1) is 4.08 Å². The number of hydrogen-bond donors (Lipinski definition) is 1. The summed E-state index contributed by atoms with van der Waals surface area (Å²) >= 11 is 9.96. The Morgan fingerprint density at radius 3 is 2.37 bits per heavy atom. The lowest BCUT2D eigenvalue weighted by Gasteiger charge is -2.42. The maximum Gasteiger partial charge on any atom is 0.109 e. The first-order valence-corrected chi connectivity index (χ1v) is 12.7. The zero-order chi connectivity index (χ0) is 20.0. The number of nitrogens with zero attached hydrogens (tertiary/aromatic N) is 2. The number of thioether (sulfide) groups is 2. The number of nitrogen functional groups attached to an aromatic ring is 1. The number of rotatable bonds is 7. The fraction of sp³-hybridized carbons (Fsp3) is 0.667. The van der Waals surface area contributed by atoms with Crippen LogP contribution in [0.15, 0.2) is 24.3 Å². The molecule has 0 spiro atoms. The van der Waals surface area contributed by atoms with Crippen molar-refractivity contribution < 1.29 is 0 Å². The van der Waals surface area contributed by atoms with Gasteiger partial charge in [-0.05, 0) is 82.5 Å². The molecule has 0 saturated heterocycles. The third-order valence-electron chi connectivity index (χ3n) is 5.88. The molecule has 2 unspecified atom stereocenters. The lowest BCUT2D eigenvalue weighted by atomic mass is 9.99. The van der Waals surface area contributed by atoms with Crippen molar-refractivity contribution in [3.05, 3.63) is 29.8 Å². The topological polar surface area (TPSA) is 32.5 Å². The standard InChI is InChI=1S/C21H35N3S3/c1-6-14-23(2)18-8-7-13-21(26-4,27-5)15-19(18)24(3)20(25)16-9-11-17(22)12-10-16/h9-12,18-19H,6-8,13-15,22H2,1-5H3. The molecule has 3 nitrogen and oxygen atoms in total. The lowest BCUT2D eigenvalue weighted by Crippen LogP contribution is -2.52. The quantitative estimate of drug-likeness (QED) is 0.288. The Balaban J connectivity index is 2.33. The first-order chi connectivity index (χ1) is 12.9. The molecule has 1 aromatic carbocycles. The first kappa shape index (κ1) is 22.9. The van der Waals surface area contributed by atoms with E-state index >= 15 is 0 Å². The molecule has 1 aliphatic carbocycles. The van der Waals surface area contributed by atoms with E-state index in [-0.39, 0.29) is 4.08 Å². The van der Waals surface area contributed by atoms with E-state index < -0.39 is 0 Å². The molecule has 1 fully saturated rings. The van der Waals surface area contributed by atoms with Crippen LogP contribution in [0.2, 0.25) is 0 Å². The number of nitrogens with two attached hydrogens (primary N) is 1. The molecule has 27 heavy (non-hydrogen) atoms. The van der Waals surface area contributed by atoms with Gasteiger partial charge < -0.3 is 15.5 Å². The summed E-state index contributed by atoms with van der Waals surface area (Å²) in [5.74, 6) is 0. The molecule has 6 heteroatoms. The number of likely N-dealkylation sites (N-methyl/N-ethyl adjacent to an activating group) is 2. The SMILES string of the molecule is CCCN(C)C1CCCC(SC)(SC)CC1N(C)C(=S)c1ccc(N)cc1. The average Bonchev–Trinajstić information content (AvgIpc) is 2.88. The Morgan fingerprint density at radius 2 is 1.81 bits per heavy atom. The highest BCUT2D eigenvalue weighted by atomic mass is 32.2. The maximum absolute atomic E-state index is 5.92. The summed E-state index contributed by atoms with van der Waals surface area (Å²) in [5, 5.41) is 0. The van der Waals surface area contributed by atoms with Crippen LogP contribution in [0, 0.1) is 0 Å². The van der Waals surface area contributed by atoms with Crippen molar-refractivity contribution in [2.75, 3.05) is 38.9 Å². The lowest BCUT2D eigenvalue weighted by molar-refractivity contribution is 0.145. The molecule has 152 valence electrons. The Kier molecular flexibility index (Phi) is 8.78. The summed E-state index contributed by atoms with van der Waals surface area (Å²) < 4.78 is 0.275. The predicted molar refractivity (Wildman–Crippen MR) is 129 cm³/mol. The Morgan fingerprint density at radius 1 is 1.19 bits per heavy atom. The van der Waals surface area contributed by atoms with Crippen LogP contribution in [0.5, 0.6) is 0 Å². The summed E-state index contributed by atoms with van der Waals surface area (Å²) in [7, 11) is 4.47. The van der Waals surface area contributed by atoms with Crippen LogP contribution in [-0.4, -0.2) is 64.1 Å². The number of hydrogen-bond acceptors (Lipinski definition) is 5. The van der Waals surface area contributed by atoms with Crippen LogP contribution < -0.4 is 5.73 Å². The molecule has 2 rings (SSSR count). The second kappa shape index (κ2) is 10.4. The van der Waals surface area contributed by atoms with Gasteiger partial charge in [-0.1, -0.05) is 19.1 Å². The van der Waals surface area contributed by atoms with Crippen LogP contribution in [0.4, 0.5) is 5.69 Å². The number of thiocarbonyl (C=S) groups is 1. The van der Waals surface area contributed by atoms with E-state index in [9.17, 15) is 0 Å². The van der Waals surface area contributed by atoms with Gasteiger partial charge >= 0.3 is 0 Å². The minimum Gasteiger partial charge on any atom is -0.399 e. The second-order valence-corrected chi connectivity index (χ2v) is 10.6. The van der Waals surface area contributed by atoms with Gasteiger partial charge in [0.1, 0.15) is 4.99 Å². The van der Waals surface area contributed by atoms with Crippen LogP contribution >= 0.6 is 35.7 Å². The normalized spacial score (nSPS) is 22.4. The largest absolute Gasteiger partial charge is 0.399 e.